The number of nitro benzene ring substituents is 1. The van der Waals surface area contributed by atoms with Crippen LogP contribution in [0.4, 0.5) is 11.4 Å². The number of hydrogen-bond donors (Lipinski definition) is 2. The van der Waals surface area contributed by atoms with Crippen LogP contribution in [-0.4, -0.2) is 21.7 Å². The molecule has 0 aliphatic rings. The molecule has 158 valence electrons. The number of benzene rings is 3. The van der Waals surface area contributed by atoms with Gasteiger partial charge in [-0.1, -0.05) is 34.8 Å². The van der Waals surface area contributed by atoms with Crippen LogP contribution in [0.2, 0.25) is 15.1 Å². The number of hydrogen-bond acceptors (Lipinski definition) is 5. The second-order valence-corrected chi connectivity index (χ2v) is 7.77. The number of halogens is 3. The molecule has 0 saturated carbocycles. The maximum absolute atomic E-state index is 12.9. The summed E-state index contributed by atoms with van der Waals surface area (Å²) in [6.45, 7) is 1.53. The molecule has 0 aromatic heterocycles. The molecule has 31 heavy (non-hydrogen) atoms. The SMILES string of the molecule is Cc1cc(C(=O)c2ccc(Cl)cc2Cl)cc(C(=O)Nc2ccc([N+](=O)[O-])cc2Cl)c1O. The van der Waals surface area contributed by atoms with Crippen LogP contribution in [-0.2, 0) is 0 Å². The normalized spacial score (nSPS) is 10.6. The van der Waals surface area contributed by atoms with Crippen LogP contribution in [0.15, 0.2) is 48.5 Å². The van der Waals surface area contributed by atoms with Gasteiger partial charge in [-0.15, -0.1) is 0 Å². The monoisotopic (exact) mass is 478 g/mol. The van der Waals surface area contributed by atoms with Gasteiger partial charge in [-0.3, -0.25) is 19.7 Å². The van der Waals surface area contributed by atoms with E-state index >= 15 is 0 Å². The Bertz CT molecular complexity index is 1240. The molecule has 0 aliphatic carbocycles. The Labute approximate surface area is 191 Å². The van der Waals surface area contributed by atoms with E-state index in [-0.39, 0.29) is 49.4 Å². The lowest BCUT2D eigenvalue weighted by atomic mass is 9.97. The highest BCUT2D eigenvalue weighted by Crippen LogP contribution is 2.31. The quantitative estimate of drug-likeness (QED) is 0.263. The van der Waals surface area contributed by atoms with E-state index in [0.717, 1.165) is 6.07 Å². The summed E-state index contributed by atoms with van der Waals surface area (Å²) in [6.07, 6.45) is 0. The van der Waals surface area contributed by atoms with Crippen LogP contribution in [0.1, 0.15) is 31.8 Å². The van der Waals surface area contributed by atoms with E-state index in [0.29, 0.717) is 5.02 Å². The lowest BCUT2D eigenvalue weighted by Crippen LogP contribution is -2.14. The molecule has 3 aromatic carbocycles. The standard InChI is InChI=1S/C21H13Cl3N2O5/c1-10-6-11(20(28)14-4-2-12(22)8-16(14)23)7-15(19(10)27)21(29)25-18-5-3-13(26(30)31)9-17(18)24/h2-9,27H,1H3,(H,25,29). The molecule has 0 heterocycles. The van der Waals surface area contributed by atoms with Gasteiger partial charge in [0.2, 0.25) is 0 Å². The van der Waals surface area contributed by atoms with Crippen LogP contribution in [0, 0.1) is 17.0 Å². The van der Waals surface area contributed by atoms with Crippen molar-refractivity contribution < 1.29 is 19.6 Å². The highest BCUT2D eigenvalue weighted by atomic mass is 35.5. The Hall–Kier alpha value is -3.13. The predicted molar refractivity (Wildman–Crippen MR) is 119 cm³/mol. The Morgan fingerprint density at radius 1 is 0.968 bits per heavy atom. The fourth-order valence-electron chi connectivity index (χ4n) is 2.82. The molecule has 0 saturated heterocycles. The zero-order chi connectivity index (χ0) is 22.9. The first-order chi connectivity index (χ1) is 14.6. The van der Waals surface area contributed by atoms with Crippen molar-refractivity contribution in [2.24, 2.45) is 0 Å². The first-order valence-electron chi connectivity index (χ1n) is 8.67. The molecule has 0 bridgehead atoms. The average Bonchev–Trinajstić information content (AvgIpc) is 2.70. The summed E-state index contributed by atoms with van der Waals surface area (Å²) in [6, 6.07) is 10.6. The Morgan fingerprint density at radius 3 is 2.29 bits per heavy atom. The molecular weight excluding hydrogens is 467 g/mol. The van der Waals surface area contributed by atoms with Gasteiger partial charge in [0.25, 0.3) is 11.6 Å². The fraction of sp³-hybridized carbons (Fsp3) is 0.0476. The zero-order valence-electron chi connectivity index (χ0n) is 15.8. The van der Waals surface area contributed by atoms with Crippen molar-refractivity contribution in [1.82, 2.24) is 0 Å². The second-order valence-electron chi connectivity index (χ2n) is 6.52. The molecule has 2 N–H and O–H groups in total. The third kappa shape index (κ3) is 4.80. The summed E-state index contributed by atoms with van der Waals surface area (Å²) in [5.41, 5.74) is 0.278. The highest BCUT2D eigenvalue weighted by molar-refractivity contribution is 6.37. The van der Waals surface area contributed by atoms with Crippen molar-refractivity contribution in [2.45, 2.75) is 6.92 Å². The molecule has 0 aliphatic heterocycles. The first kappa shape index (κ1) is 22.6. The van der Waals surface area contributed by atoms with Gasteiger partial charge in [0.05, 0.1) is 26.2 Å². The first-order valence-corrected chi connectivity index (χ1v) is 9.80. The number of anilines is 1. The minimum atomic E-state index is -0.756. The summed E-state index contributed by atoms with van der Waals surface area (Å²) >= 11 is 18.0. The summed E-state index contributed by atoms with van der Waals surface area (Å²) in [7, 11) is 0. The lowest BCUT2D eigenvalue weighted by molar-refractivity contribution is -0.384. The minimum Gasteiger partial charge on any atom is -0.507 e. The minimum absolute atomic E-state index is 0.0565. The maximum Gasteiger partial charge on any atom is 0.271 e. The number of aromatic hydroxyl groups is 1. The Balaban J connectivity index is 1.96. The van der Waals surface area contributed by atoms with Gasteiger partial charge >= 0.3 is 0 Å². The van der Waals surface area contributed by atoms with Crippen LogP contribution in [0.3, 0.4) is 0 Å². The van der Waals surface area contributed by atoms with Crippen LogP contribution < -0.4 is 5.32 Å². The molecule has 1 amide bonds. The van der Waals surface area contributed by atoms with Gasteiger partial charge in [-0.2, -0.15) is 0 Å². The van der Waals surface area contributed by atoms with Crippen LogP contribution in [0.5, 0.6) is 5.75 Å². The van der Waals surface area contributed by atoms with Gasteiger partial charge in [0, 0.05) is 28.3 Å². The molecular formula is C21H13Cl3N2O5. The van der Waals surface area contributed by atoms with Gasteiger partial charge < -0.3 is 10.4 Å². The number of phenols is 1. The molecule has 0 fully saturated rings. The van der Waals surface area contributed by atoms with Gasteiger partial charge in [0.15, 0.2) is 5.78 Å². The zero-order valence-corrected chi connectivity index (χ0v) is 18.0. The third-order valence-electron chi connectivity index (χ3n) is 4.39. The largest absolute Gasteiger partial charge is 0.507 e. The van der Waals surface area contributed by atoms with E-state index in [1.807, 2.05) is 0 Å². The third-order valence-corrected chi connectivity index (χ3v) is 5.26. The van der Waals surface area contributed by atoms with Crippen molar-refractivity contribution in [3.05, 3.63) is 96.0 Å². The Morgan fingerprint density at radius 2 is 1.68 bits per heavy atom. The summed E-state index contributed by atoms with van der Waals surface area (Å²) in [5.74, 6) is -1.55. The van der Waals surface area contributed by atoms with E-state index < -0.39 is 16.6 Å². The summed E-state index contributed by atoms with van der Waals surface area (Å²) < 4.78 is 0. The van der Waals surface area contributed by atoms with Crippen molar-refractivity contribution in [2.75, 3.05) is 5.32 Å². The number of carbonyl (C=O) groups is 2. The predicted octanol–water partition coefficient (Wildman–Crippen LogP) is 6.05. The molecule has 7 nitrogen and oxygen atoms in total. The Kier molecular flexibility index (Phi) is 6.50. The molecule has 0 radical (unpaired) electrons. The van der Waals surface area contributed by atoms with Gasteiger partial charge in [-0.25, -0.2) is 0 Å². The number of rotatable bonds is 5. The summed E-state index contributed by atoms with van der Waals surface area (Å²) in [4.78, 5) is 35.9. The van der Waals surface area contributed by atoms with Crippen LogP contribution in [0.25, 0.3) is 0 Å². The van der Waals surface area contributed by atoms with E-state index in [1.54, 1.807) is 0 Å². The van der Waals surface area contributed by atoms with E-state index in [4.69, 9.17) is 34.8 Å². The molecule has 3 rings (SSSR count). The number of amides is 1. The fourth-order valence-corrected chi connectivity index (χ4v) is 3.54. The highest BCUT2D eigenvalue weighted by Gasteiger charge is 2.21. The number of ketones is 1. The lowest BCUT2D eigenvalue weighted by Gasteiger charge is -2.12. The number of non-ortho nitro benzene ring substituents is 1. The number of phenolic OH excluding ortho intramolecular Hbond substituents is 1. The molecule has 0 spiro atoms. The molecule has 3 aromatic rings. The van der Waals surface area contributed by atoms with Crippen molar-refractivity contribution in [3.63, 3.8) is 0 Å². The average molecular weight is 480 g/mol. The van der Waals surface area contributed by atoms with E-state index in [2.05, 4.69) is 5.32 Å². The van der Waals surface area contributed by atoms with Gasteiger partial charge in [-0.05, 0) is 48.9 Å². The number of carbonyl (C=O) groups excluding carboxylic acids is 2. The van der Waals surface area contributed by atoms with Crippen molar-refractivity contribution in [1.29, 1.82) is 0 Å². The number of nitrogens with one attached hydrogen (secondary N) is 1. The topological polar surface area (TPSA) is 110 Å². The molecule has 0 atom stereocenters. The van der Waals surface area contributed by atoms with Crippen molar-refractivity contribution >= 4 is 57.9 Å². The van der Waals surface area contributed by atoms with Crippen molar-refractivity contribution in [3.8, 4) is 5.75 Å². The van der Waals surface area contributed by atoms with Gasteiger partial charge in [0.1, 0.15) is 5.75 Å². The van der Waals surface area contributed by atoms with E-state index in [9.17, 15) is 24.8 Å². The number of aryl methyl sites for hydroxylation is 1. The van der Waals surface area contributed by atoms with E-state index in [1.165, 1.54) is 49.4 Å². The number of nitro groups is 1. The van der Waals surface area contributed by atoms with Crippen LogP contribution >= 0.6 is 34.8 Å². The number of nitrogens with zero attached hydrogens (tertiary/aromatic N) is 1. The smallest absolute Gasteiger partial charge is 0.271 e. The molecule has 0 unspecified atom stereocenters. The summed E-state index contributed by atoms with van der Waals surface area (Å²) in [5, 5.41) is 24.1. The maximum atomic E-state index is 12.9. The second kappa shape index (κ2) is 8.93. The molecule has 10 heteroatoms.